The molecular formula is C10H8N2O2. The normalized spacial score (nSPS) is 10.3. The Labute approximate surface area is 80.0 Å². The second-order valence-electron chi connectivity index (χ2n) is 2.91. The van der Waals surface area contributed by atoms with E-state index in [1.165, 1.54) is 6.07 Å². The molecule has 2 aromatic rings. The lowest BCUT2D eigenvalue weighted by Gasteiger charge is -2.03. The highest BCUT2D eigenvalue weighted by atomic mass is 16.4. The molecule has 0 fully saturated rings. The van der Waals surface area contributed by atoms with Gasteiger partial charge in [0.2, 0.25) is 0 Å². The van der Waals surface area contributed by atoms with Crippen LogP contribution in [0.3, 0.4) is 0 Å². The molecule has 3 N–H and O–H groups in total. The molecular weight excluding hydrogens is 180 g/mol. The molecule has 1 heterocycles. The topological polar surface area (TPSA) is 76.2 Å². The summed E-state index contributed by atoms with van der Waals surface area (Å²) in [5.74, 6) is -1.03. The van der Waals surface area contributed by atoms with E-state index in [9.17, 15) is 4.79 Å². The zero-order chi connectivity index (χ0) is 10.1. The first-order valence-electron chi connectivity index (χ1n) is 4.06. The van der Waals surface area contributed by atoms with Gasteiger partial charge >= 0.3 is 5.97 Å². The Morgan fingerprint density at radius 1 is 1.36 bits per heavy atom. The summed E-state index contributed by atoms with van der Waals surface area (Å²) >= 11 is 0. The molecule has 0 saturated carbocycles. The molecule has 70 valence electrons. The fourth-order valence-corrected chi connectivity index (χ4v) is 1.35. The van der Waals surface area contributed by atoms with Gasteiger partial charge in [0.1, 0.15) is 0 Å². The van der Waals surface area contributed by atoms with Crippen molar-refractivity contribution >= 4 is 22.6 Å². The van der Waals surface area contributed by atoms with Gasteiger partial charge in [-0.2, -0.15) is 0 Å². The summed E-state index contributed by atoms with van der Waals surface area (Å²) in [5.41, 5.74) is 6.52. The molecule has 1 aromatic carbocycles. The van der Waals surface area contributed by atoms with Gasteiger partial charge in [-0.15, -0.1) is 0 Å². The molecule has 0 atom stereocenters. The minimum Gasteiger partial charge on any atom is -0.478 e. The standard InChI is InChI=1S/C10H8N2O2/c11-8-7(10(13)14)4-3-6-2-1-5-12-9(6)8/h1-5H,11H2,(H,13,14). The molecule has 4 nitrogen and oxygen atoms in total. The van der Waals surface area contributed by atoms with Gasteiger partial charge in [-0.3, -0.25) is 4.98 Å². The second kappa shape index (κ2) is 2.99. The molecule has 4 heteroatoms. The number of fused-ring (bicyclic) bond motifs is 1. The Kier molecular flexibility index (Phi) is 1.81. The second-order valence-corrected chi connectivity index (χ2v) is 2.91. The number of nitrogen functional groups attached to an aromatic ring is 1. The maximum Gasteiger partial charge on any atom is 0.337 e. The van der Waals surface area contributed by atoms with Crippen LogP contribution in [0.2, 0.25) is 0 Å². The van der Waals surface area contributed by atoms with Crippen molar-refractivity contribution in [2.75, 3.05) is 5.73 Å². The zero-order valence-electron chi connectivity index (χ0n) is 7.27. The predicted octanol–water partition coefficient (Wildman–Crippen LogP) is 1.52. The van der Waals surface area contributed by atoms with E-state index < -0.39 is 5.97 Å². The van der Waals surface area contributed by atoms with Crippen molar-refractivity contribution in [2.45, 2.75) is 0 Å². The summed E-state index contributed by atoms with van der Waals surface area (Å²) in [7, 11) is 0. The fraction of sp³-hybridized carbons (Fsp3) is 0. The van der Waals surface area contributed by atoms with Crippen molar-refractivity contribution in [3.8, 4) is 0 Å². The highest BCUT2D eigenvalue weighted by molar-refractivity contribution is 6.03. The quantitative estimate of drug-likeness (QED) is 0.665. The number of pyridine rings is 1. The van der Waals surface area contributed by atoms with Crippen molar-refractivity contribution in [3.05, 3.63) is 36.0 Å². The summed E-state index contributed by atoms with van der Waals surface area (Å²) in [6.45, 7) is 0. The number of carboxylic acid groups (broad SMARTS) is 1. The third-order valence-electron chi connectivity index (χ3n) is 2.04. The molecule has 0 aliphatic rings. The van der Waals surface area contributed by atoms with E-state index in [1.54, 1.807) is 18.3 Å². The number of aromatic carboxylic acids is 1. The predicted molar refractivity (Wildman–Crippen MR) is 53.1 cm³/mol. The maximum atomic E-state index is 10.8. The lowest BCUT2D eigenvalue weighted by atomic mass is 10.1. The van der Waals surface area contributed by atoms with Crippen LogP contribution >= 0.6 is 0 Å². The lowest BCUT2D eigenvalue weighted by molar-refractivity contribution is 0.0698. The van der Waals surface area contributed by atoms with E-state index in [4.69, 9.17) is 10.8 Å². The monoisotopic (exact) mass is 188 g/mol. The van der Waals surface area contributed by atoms with Crippen molar-refractivity contribution in [2.24, 2.45) is 0 Å². The van der Waals surface area contributed by atoms with Crippen LogP contribution in [-0.4, -0.2) is 16.1 Å². The molecule has 0 bridgehead atoms. The molecule has 0 aliphatic heterocycles. The Bertz CT molecular complexity index is 508. The van der Waals surface area contributed by atoms with Crippen LogP contribution in [-0.2, 0) is 0 Å². The van der Waals surface area contributed by atoms with Crippen molar-refractivity contribution in [1.82, 2.24) is 4.98 Å². The summed E-state index contributed by atoms with van der Waals surface area (Å²) in [6.07, 6.45) is 1.59. The van der Waals surface area contributed by atoms with Crippen LogP contribution in [0.25, 0.3) is 10.9 Å². The molecule has 0 saturated heterocycles. The van der Waals surface area contributed by atoms with Gasteiger partial charge in [0.15, 0.2) is 0 Å². The molecule has 14 heavy (non-hydrogen) atoms. The Balaban J connectivity index is 2.81. The van der Waals surface area contributed by atoms with Crippen molar-refractivity contribution in [1.29, 1.82) is 0 Å². The van der Waals surface area contributed by atoms with Crippen LogP contribution in [0.15, 0.2) is 30.5 Å². The van der Waals surface area contributed by atoms with E-state index in [0.717, 1.165) is 5.39 Å². The first-order chi connectivity index (χ1) is 6.70. The van der Waals surface area contributed by atoms with Crippen LogP contribution in [0, 0.1) is 0 Å². The highest BCUT2D eigenvalue weighted by Crippen LogP contribution is 2.22. The minimum absolute atomic E-state index is 0.0937. The summed E-state index contributed by atoms with van der Waals surface area (Å²) in [4.78, 5) is 14.8. The van der Waals surface area contributed by atoms with Crippen molar-refractivity contribution in [3.63, 3.8) is 0 Å². The fourth-order valence-electron chi connectivity index (χ4n) is 1.35. The van der Waals surface area contributed by atoms with Crippen molar-refractivity contribution < 1.29 is 9.90 Å². The van der Waals surface area contributed by atoms with Gasteiger partial charge in [-0.1, -0.05) is 12.1 Å². The third kappa shape index (κ3) is 1.17. The molecule has 0 radical (unpaired) electrons. The van der Waals surface area contributed by atoms with Gasteiger partial charge in [0, 0.05) is 11.6 Å². The van der Waals surface area contributed by atoms with Crippen LogP contribution < -0.4 is 5.73 Å². The van der Waals surface area contributed by atoms with Crippen LogP contribution in [0.1, 0.15) is 10.4 Å². The number of aromatic nitrogens is 1. The van der Waals surface area contributed by atoms with Gasteiger partial charge in [-0.05, 0) is 12.1 Å². The highest BCUT2D eigenvalue weighted by Gasteiger charge is 2.10. The lowest BCUT2D eigenvalue weighted by Crippen LogP contribution is -2.03. The number of nitrogens with two attached hydrogens (primary N) is 1. The van der Waals surface area contributed by atoms with E-state index in [2.05, 4.69) is 4.98 Å². The number of hydrogen-bond acceptors (Lipinski definition) is 3. The molecule has 0 amide bonds. The minimum atomic E-state index is -1.03. The van der Waals surface area contributed by atoms with Gasteiger partial charge < -0.3 is 10.8 Å². The number of carbonyl (C=O) groups is 1. The molecule has 0 spiro atoms. The summed E-state index contributed by atoms with van der Waals surface area (Å²) in [5, 5.41) is 9.66. The zero-order valence-corrected chi connectivity index (χ0v) is 7.27. The average molecular weight is 188 g/mol. The number of anilines is 1. The first-order valence-corrected chi connectivity index (χ1v) is 4.06. The van der Waals surface area contributed by atoms with E-state index in [0.29, 0.717) is 5.52 Å². The molecule has 1 aromatic heterocycles. The smallest absolute Gasteiger partial charge is 0.337 e. The Morgan fingerprint density at radius 3 is 2.86 bits per heavy atom. The number of carboxylic acids is 1. The number of benzene rings is 1. The average Bonchev–Trinajstić information content (AvgIpc) is 2.18. The van der Waals surface area contributed by atoms with E-state index in [-0.39, 0.29) is 11.3 Å². The van der Waals surface area contributed by atoms with Gasteiger partial charge in [0.25, 0.3) is 0 Å². The van der Waals surface area contributed by atoms with Gasteiger partial charge in [-0.25, -0.2) is 4.79 Å². The van der Waals surface area contributed by atoms with E-state index in [1.807, 2.05) is 6.07 Å². The number of nitrogens with zero attached hydrogens (tertiary/aromatic N) is 1. The third-order valence-corrected chi connectivity index (χ3v) is 2.04. The summed E-state index contributed by atoms with van der Waals surface area (Å²) < 4.78 is 0. The maximum absolute atomic E-state index is 10.8. The Hall–Kier alpha value is -2.10. The van der Waals surface area contributed by atoms with E-state index >= 15 is 0 Å². The van der Waals surface area contributed by atoms with Crippen LogP contribution in [0.5, 0.6) is 0 Å². The first kappa shape index (κ1) is 8.50. The largest absolute Gasteiger partial charge is 0.478 e. The molecule has 0 aliphatic carbocycles. The Morgan fingerprint density at radius 2 is 2.14 bits per heavy atom. The van der Waals surface area contributed by atoms with Gasteiger partial charge in [0.05, 0.1) is 16.8 Å². The number of rotatable bonds is 1. The summed E-state index contributed by atoms with van der Waals surface area (Å²) in [6, 6.07) is 6.80. The number of hydrogen-bond donors (Lipinski definition) is 2. The molecule has 0 unspecified atom stereocenters. The van der Waals surface area contributed by atoms with Crippen LogP contribution in [0.4, 0.5) is 5.69 Å². The SMILES string of the molecule is Nc1c(C(=O)O)ccc2cccnc12. The molecule has 2 rings (SSSR count).